The number of nitrogen functional groups attached to an aromatic ring is 1. The molecule has 1 aromatic heterocycles. The Balaban J connectivity index is 1.78. The van der Waals surface area contributed by atoms with E-state index in [-0.39, 0.29) is 5.91 Å². The number of hydrogen-bond acceptors (Lipinski definition) is 6. The molecule has 0 spiro atoms. The maximum absolute atomic E-state index is 13.0. The third-order valence-corrected chi connectivity index (χ3v) is 5.34. The number of nitrogens with one attached hydrogen (secondary N) is 2. The van der Waals surface area contributed by atoms with Crippen LogP contribution in [0.1, 0.15) is 48.5 Å². The van der Waals surface area contributed by atoms with Gasteiger partial charge in [0.25, 0.3) is 5.91 Å². The summed E-state index contributed by atoms with van der Waals surface area (Å²) >= 11 is 0. The Hall–Kier alpha value is -3.09. The quantitative estimate of drug-likeness (QED) is 0.493. The van der Waals surface area contributed by atoms with Gasteiger partial charge >= 0.3 is 0 Å². The minimum Gasteiger partial charge on any atom is -0.490 e. The van der Waals surface area contributed by atoms with Gasteiger partial charge in [-0.05, 0) is 44.0 Å². The van der Waals surface area contributed by atoms with Gasteiger partial charge in [0.2, 0.25) is 0 Å². The molecule has 1 amide bonds. The summed E-state index contributed by atoms with van der Waals surface area (Å²) in [7, 11) is 3.79. The largest absolute Gasteiger partial charge is 0.490 e. The fraction of sp³-hybridized carbons (Fsp3) is 0.409. The zero-order chi connectivity index (χ0) is 21.0. The first-order valence-electron chi connectivity index (χ1n) is 9.84. The summed E-state index contributed by atoms with van der Waals surface area (Å²) in [5, 5.41) is 11.2. The molecule has 1 heterocycles. The molecule has 29 heavy (non-hydrogen) atoms. The summed E-state index contributed by atoms with van der Waals surface area (Å²) in [4.78, 5) is 19.1. The Morgan fingerprint density at radius 2 is 2.03 bits per heavy atom. The number of rotatable bonds is 7. The maximum Gasteiger partial charge on any atom is 0.252 e. The minimum absolute atomic E-state index is 0.128. The number of amides is 1. The molecule has 0 saturated heterocycles. The minimum atomic E-state index is -0.434. The van der Waals surface area contributed by atoms with E-state index in [2.05, 4.69) is 10.3 Å². The summed E-state index contributed by atoms with van der Waals surface area (Å²) in [5.74, 6) is 1.19. The van der Waals surface area contributed by atoms with Crippen molar-refractivity contribution in [3.63, 3.8) is 0 Å². The smallest absolute Gasteiger partial charge is 0.252 e. The average Bonchev–Trinajstić information content (AvgIpc) is 3.14. The van der Waals surface area contributed by atoms with Crippen LogP contribution in [0.25, 0.3) is 0 Å². The zero-order valence-corrected chi connectivity index (χ0v) is 17.3. The van der Waals surface area contributed by atoms with Crippen molar-refractivity contribution in [1.82, 2.24) is 10.3 Å². The first-order valence-corrected chi connectivity index (χ1v) is 9.84. The van der Waals surface area contributed by atoms with Crippen LogP contribution < -0.4 is 20.7 Å². The topological polar surface area (TPSA) is 104 Å². The maximum atomic E-state index is 13.0. The van der Waals surface area contributed by atoms with Gasteiger partial charge in [-0.1, -0.05) is 18.9 Å². The molecule has 0 radical (unpaired) electrons. The highest BCUT2D eigenvalue weighted by Crippen LogP contribution is 2.32. The fourth-order valence-electron chi connectivity index (χ4n) is 3.76. The van der Waals surface area contributed by atoms with E-state index in [9.17, 15) is 4.79 Å². The van der Waals surface area contributed by atoms with Gasteiger partial charge in [0.05, 0.1) is 11.1 Å². The number of ether oxygens (including phenoxy) is 1. The van der Waals surface area contributed by atoms with E-state index in [0.29, 0.717) is 34.9 Å². The summed E-state index contributed by atoms with van der Waals surface area (Å²) in [6.07, 6.45) is 5.43. The van der Waals surface area contributed by atoms with E-state index in [1.807, 2.05) is 31.1 Å². The molecule has 1 aromatic carbocycles. The van der Waals surface area contributed by atoms with E-state index >= 15 is 0 Å². The molecule has 0 aliphatic heterocycles. The van der Waals surface area contributed by atoms with Crippen LogP contribution in [-0.2, 0) is 0 Å². The molecule has 0 atom stereocenters. The number of pyridine rings is 1. The highest BCUT2D eigenvalue weighted by atomic mass is 16.5. The van der Waals surface area contributed by atoms with Crippen molar-refractivity contribution in [2.24, 2.45) is 0 Å². The molecule has 4 N–H and O–H groups in total. The summed E-state index contributed by atoms with van der Waals surface area (Å²) in [6, 6.07) is 8.91. The normalized spacial score (nSPS) is 15.0. The number of nitrogens with two attached hydrogens (primary N) is 1. The van der Waals surface area contributed by atoms with Crippen molar-refractivity contribution in [2.75, 3.05) is 31.3 Å². The van der Waals surface area contributed by atoms with Crippen LogP contribution in [-0.4, -0.2) is 42.8 Å². The second kappa shape index (κ2) is 8.51. The van der Waals surface area contributed by atoms with Crippen LogP contribution in [0.15, 0.2) is 36.5 Å². The Labute approximate surface area is 171 Å². The van der Waals surface area contributed by atoms with Crippen molar-refractivity contribution in [1.29, 1.82) is 5.41 Å². The first-order chi connectivity index (χ1) is 13.8. The molecule has 7 heteroatoms. The standard InChI is InChI=1S/C22H29N5O2/c1-15(23)20-17(24)7-6-8-18(20)29-14-22(10-4-5-11-22)26-21(28)16-9-12-25-19(13-16)27(2)3/h6-9,12-13,23H,4-5,10-11,14,24H2,1-3H3,(H,26,28). The first kappa shape index (κ1) is 20.6. The van der Waals surface area contributed by atoms with E-state index in [4.69, 9.17) is 15.9 Å². The summed E-state index contributed by atoms with van der Waals surface area (Å²) in [6.45, 7) is 2.03. The van der Waals surface area contributed by atoms with Crippen LogP contribution in [0, 0.1) is 5.41 Å². The second-order valence-electron chi connectivity index (χ2n) is 7.87. The Bertz CT molecular complexity index is 904. The van der Waals surface area contributed by atoms with Crippen LogP contribution in [0.3, 0.4) is 0 Å². The second-order valence-corrected chi connectivity index (χ2v) is 7.87. The molecular weight excluding hydrogens is 366 g/mol. The molecule has 1 aliphatic rings. The molecule has 1 saturated carbocycles. The van der Waals surface area contributed by atoms with Crippen molar-refractivity contribution in [3.05, 3.63) is 47.7 Å². The number of hydrogen-bond donors (Lipinski definition) is 3. The van der Waals surface area contributed by atoms with Gasteiger partial charge in [-0.3, -0.25) is 4.79 Å². The highest BCUT2D eigenvalue weighted by Gasteiger charge is 2.37. The van der Waals surface area contributed by atoms with Crippen molar-refractivity contribution >= 4 is 23.1 Å². The van der Waals surface area contributed by atoms with Crippen LogP contribution in [0.2, 0.25) is 0 Å². The van der Waals surface area contributed by atoms with Crippen molar-refractivity contribution < 1.29 is 9.53 Å². The van der Waals surface area contributed by atoms with Gasteiger partial charge < -0.3 is 26.1 Å². The lowest BCUT2D eigenvalue weighted by Crippen LogP contribution is -2.50. The molecule has 1 aliphatic carbocycles. The summed E-state index contributed by atoms with van der Waals surface area (Å²) in [5.41, 5.74) is 7.66. The monoisotopic (exact) mass is 395 g/mol. The van der Waals surface area contributed by atoms with Gasteiger partial charge in [0.1, 0.15) is 18.2 Å². The van der Waals surface area contributed by atoms with Crippen LogP contribution in [0.4, 0.5) is 11.5 Å². The Morgan fingerprint density at radius 3 is 2.69 bits per heavy atom. The van der Waals surface area contributed by atoms with E-state index in [1.54, 1.807) is 31.3 Å². The van der Waals surface area contributed by atoms with Gasteiger partial charge in [0.15, 0.2) is 0 Å². The lowest BCUT2D eigenvalue weighted by atomic mass is 9.98. The predicted octanol–water partition coefficient (Wildman–Crippen LogP) is 3.24. The number of anilines is 2. The third-order valence-electron chi connectivity index (χ3n) is 5.34. The number of carbonyl (C=O) groups excluding carboxylic acids is 1. The van der Waals surface area contributed by atoms with Gasteiger partial charge in [0, 0.05) is 37.3 Å². The lowest BCUT2D eigenvalue weighted by Gasteiger charge is -2.31. The molecule has 7 nitrogen and oxygen atoms in total. The van der Waals surface area contributed by atoms with Gasteiger partial charge in [-0.2, -0.15) is 0 Å². The number of aromatic nitrogens is 1. The van der Waals surface area contributed by atoms with E-state index in [0.717, 1.165) is 31.5 Å². The SMILES string of the molecule is CC(=N)c1c(N)cccc1OCC1(NC(=O)c2ccnc(N(C)C)c2)CCCC1. The average molecular weight is 396 g/mol. The van der Waals surface area contributed by atoms with Crippen LogP contribution >= 0.6 is 0 Å². The molecule has 0 unspecified atom stereocenters. The van der Waals surface area contributed by atoms with Crippen molar-refractivity contribution in [3.8, 4) is 5.75 Å². The van der Waals surface area contributed by atoms with E-state index < -0.39 is 5.54 Å². The highest BCUT2D eigenvalue weighted by molar-refractivity contribution is 6.03. The Morgan fingerprint density at radius 1 is 1.31 bits per heavy atom. The molecule has 2 aromatic rings. The number of carbonyl (C=O) groups is 1. The van der Waals surface area contributed by atoms with Gasteiger partial charge in [-0.15, -0.1) is 0 Å². The number of benzene rings is 1. The molecular formula is C22H29N5O2. The molecule has 1 fully saturated rings. The molecule has 154 valence electrons. The van der Waals surface area contributed by atoms with Gasteiger partial charge in [-0.25, -0.2) is 4.98 Å². The molecule has 0 bridgehead atoms. The third kappa shape index (κ3) is 4.67. The molecule has 3 rings (SSSR count). The zero-order valence-electron chi connectivity index (χ0n) is 17.3. The summed E-state index contributed by atoms with van der Waals surface area (Å²) < 4.78 is 6.11. The number of nitrogens with zero attached hydrogens (tertiary/aromatic N) is 2. The predicted molar refractivity (Wildman–Crippen MR) is 116 cm³/mol. The van der Waals surface area contributed by atoms with Crippen molar-refractivity contribution in [2.45, 2.75) is 38.1 Å². The fourth-order valence-corrected chi connectivity index (χ4v) is 3.76. The Kier molecular flexibility index (Phi) is 6.06. The van der Waals surface area contributed by atoms with Crippen LogP contribution in [0.5, 0.6) is 5.75 Å². The van der Waals surface area contributed by atoms with E-state index in [1.165, 1.54) is 0 Å². The lowest BCUT2D eigenvalue weighted by molar-refractivity contribution is 0.0855.